The Hall–Kier alpha value is -3.00. The maximum absolute atomic E-state index is 12.9. The summed E-state index contributed by atoms with van der Waals surface area (Å²) < 4.78 is 6.37. The van der Waals surface area contributed by atoms with Gasteiger partial charge < -0.3 is 10.1 Å². The largest absolute Gasteiger partial charge is 0.465 e. The van der Waals surface area contributed by atoms with E-state index in [1.165, 1.54) is 18.4 Å². The Morgan fingerprint density at radius 1 is 1.24 bits per heavy atom. The number of nitrogens with one attached hydrogen (secondary N) is 1. The number of hydrogen-bond donors (Lipinski definition) is 1. The van der Waals surface area contributed by atoms with E-state index in [1.54, 1.807) is 42.1 Å². The van der Waals surface area contributed by atoms with E-state index in [4.69, 9.17) is 4.74 Å². The molecule has 0 spiro atoms. The first-order chi connectivity index (χ1) is 14.0. The quantitative estimate of drug-likeness (QED) is 0.467. The molecule has 2 aromatic heterocycles. The molecule has 0 saturated carbocycles. The Kier molecular flexibility index (Phi) is 6.43. The molecule has 0 bridgehead atoms. The van der Waals surface area contributed by atoms with Gasteiger partial charge in [0.25, 0.3) is 11.5 Å². The molecule has 0 saturated heterocycles. The molecule has 0 radical (unpaired) electrons. The van der Waals surface area contributed by atoms with E-state index >= 15 is 0 Å². The normalized spacial score (nSPS) is 10.9. The molecule has 8 heteroatoms. The first-order valence-corrected chi connectivity index (χ1v) is 10.3. The van der Waals surface area contributed by atoms with Gasteiger partial charge in [0.15, 0.2) is 0 Å². The number of thiophene rings is 1. The van der Waals surface area contributed by atoms with Crippen LogP contribution in [0.5, 0.6) is 0 Å². The number of rotatable bonds is 7. The number of carbonyl (C=O) groups is 2. The summed E-state index contributed by atoms with van der Waals surface area (Å²) in [6.07, 6.45) is 4.56. The summed E-state index contributed by atoms with van der Waals surface area (Å²) in [5.74, 6) is -0.926. The topological polar surface area (TPSA) is 90.3 Å². The van der Waals surface area contributed by atoms with Crippen molar-refractivity contribution >= 4 is 39.1 Å². The number of esters is 1. The predicted molar refractivity (Wildman–Crippen MR) is 114 cm³/mol. The monoisotopic (exact) mass is 413 g/mol. The fraction of sp³-hybridized carbons (Fsp3) is 0.333. The van der Waals surface area contributed by atoms with Crippen LogP contribution in [0.4, 0.5) is 5.69 Å². The van der Waals surface area contributed by atoms with Crippen molar-refractivity contribution in [1.82, 2.24) is 9.55 Å². The molecule has 3 aromatic rings. The molecule has 1 aromatic carbocycles. The zero-order valence-electron chi connectivity index (χ0n) is 16.7. The summed E-state index contributed by atoms with van der Waals surface area (Å²) in [6.45, 7) is 4.47. The molecule has 0 atom stereocenters. The van der Waals surface area contributed by atoms with E-state index in [0.717, 1.165) is 19.3 Å². The van der Waals surface area contributed by atoms with Crippen molar-refractivity contribution in [2.75, 3.05) is 12.4 Å². The predicted octanol–water partition coefficient (Wildman–Crippen LogP) is 4.00. The van der Waals surface area contributed by atoms with E-state index in [2.05, 4.69) is 17.2 Å². The highest BCUT2D eigenvalue weighted by molar-refractivity contribution is 7.20. The number of aromatic nitrogens is 2. The molecule has 0 aliphatic carbocycles. The van der Waals surface area contributed by atoms with Crippen LogP contribution in [0.15, 0.2) is 35.4 Å². The summed E-state index contributed by atoms with van der Waals surface area (Å²) in [5.41, 5.74) is 1.08. The Labute approximate surface area is 172 Å². The van der Waals surface area contributed by atoms with Crippen LogP contribution < -0.4 is 10.9 Å². The summed E-state index contributed by atoms with van der Waals surface area (Å²) in [7, 11) is 1.29. The standard InChI is InChI=1S/C21H23N3O4S/c1-4-5-8-11-24-12-22-19-16(20(24)26)13(2)17(29-19)18(25)23-15-10-7-6-9-14(15)21(27)28-3/h6-7,9-10,12H,4-5,8,11H2,1-3H3,(H,23,25). The van der Waals surface area contributed by atoms with Crippen molar-refractivity contribution in [2.24, 2.45) is 0 Å². The number of carbonyl (C=O) groups excluding carboxylic acids is 2. The summed E-state index contributed by atoms with van der Waals surface area (Å²) in [4.78, 5) is 43.0. The molecule has 3 rings (SSSR count). The van der Waals surface area contributed by atoms with Crippen LogP contribution in [-0.4, -0.2) is 28.5 Å². The van der Waals surface area contributed by atoms with Gasteiger partial charge in [-0.3, -0.25) is 14.2 Å². The van der Waals surface area contributed by atoms with Gasteiger partial charge in [0.2, 0.25) is 0 Å². The van der Waals surface area contributed by atoms with Crippen molar-refractivity contribution in [1.29, 1.82) is 0 Å². The lowest BCUT2D eigenvalue weighted by Gasteiger charge is -2.09. The smallest absolute Gasteiger partial charge is 0.339 e. The van der Waals surface area contributed by atoms with Gasteiger partial charge in [-0.15, -0.1) is 11.3 Å². The van der Waals surface area contributed by atoms with Gasteiger partial charge in [0.1, 0.15) is 4.83 Å². The number of benzene rings is 1. The minimum absolute atomic E-state index is 0.131. The zero-order chi connectivity index (χ0) is 21.0. The molecular formula is C21H23N3O4S. The van der Waals surface area contributed by atoms with E-state index < -0.39 is 11.9 Å². The van der Waals surface area contributed by atoms with Crippen molar-refractivity contribution in [2.45, 2.75) is 39.7 Å². The second-order valence-electron chi connectivity index (χ2n) is 6.68. The number of ether oxygens (including phenoxy) is 1. The van der Waals surface area contributed by atoms with Gasteiger partial charge in [-0.1, -0.05) is 31.9 Å². The summed E-state index contributed by atoms with van der Waals surface area (Å²) in [6, 6.07) is 6.62. The van der Waals surface area contributed by atoms with E-state index in [-0.39, 0.29) is 11.1 Å². The molecule has 29 heavy (non-hydrogen) atoms. The van der Waals surface area contributed by atoms with Crippen molar-refractivity contribution in [3.05, 3.63) is 57.0 Å². The number of anilines is 1. The van der Waals surface area contributed by atoms with Crippen LogP contribution in [-0.2, 0) is 11.3 Å². The number of para-hydroxylation sites is 1. The lowest BCUT2D eigenvalue weighted by molar-refractivity contribution is 0.0602. The number of aryl methyl sites for hydroxylation is 2. The average Bonchev–Trinajstić information content (AvgIpc) is 3.07. The molecule has 7 nitrogen and oxygen atoms in total. The first kappa shape index (κ1) is 20.7. The van der Waals surface area contributed by atoms with Gasteiger partial charge in [0.05, 0.1) is 35.0 Å². The minimum Gasteiger partial charge on any atom is -0.465 e. The molecule has 152 valence electrons. The Morgan fingerprint density at radius 2 is 2.00 bits per heavy atom. The first-order valence-electron chi connectivity index (χ1n) is 9.45. The summed E-state index contributed by atoms with van der Waals surface area (Å²) in [5, 5.41) is 3.23. The SMILES string of the molecule is CCCCCn1cnc2sc(C(=O)Nc3ccccc3C(=O)OC)c(C)c2c1=O. The van der Waals surface area contributed by atoms with Crippen LogP contribution in [0, 0.1) is 6.92 Å². The second kappa shape index (κ2) is 9.00. The van der Waals surface area contributed by atoms with Crippen LogP contribution in [0.25, 0.3) is 10.2 Å². The third kappa shape index (κ3) is 4.22. The fourth-order valence-electron chi connectivity index (χ4n) is 3.13. The molecule has 2 heterocycles. The highest BCUT2D eigenvalue weighted by Crippen LogP contribution is 2.28. The molecular weight excluding hydrogens is 390 g/mol. The number of nitrogens with zero attached hydrogens (tertiary/aromatic N) is 2. The Balaban J connectivity index is 1.94. The van der Waals surface area contributed by atoms with Crippen LogP contribution in [0.1, 0.15) is 51.8 Å². The van der Waals surface area contributed by atoms with Gasteiger partial charge >= 0.3 is 5.97 Å². The van der Waals surface area contributed by atoms with Crippen LogP contribution in [0.2, 0.25) is 0 Å². The third-order valence-electron chi connectivity index (χ3n) is 4.71. The molecule has 1 amide bonds. The highest BCUT2D eigenvalue weighted by Gasteiger charge is 2.21. The second-order valence-corrected chi connectivity index (χ2v) is 7.68. The van der Waals surface area contributed by atoms with E-state index in [1.807, 2.05) is 0 Å². The highest BCUT2D eigenvalue weighted by atomic mass is 32.1. The van der Waals surface area contributed by atoms with E-state index in [0.29, 0.717) is 32.9 Å². The lowest BCUT2D eigenvalue weighted by Crippen LogP contribution is -2.21. The molecule has 1 N–H and O–H groups in total. The summed E-state index contributed by atoms with van der Waals surface area (Å²) >= 11 is 1.17. The van der Waals surface area contributed by atoms with Gasteiger partial charge in [0, 0.05) is 6.54 Å². The molecule has 0 aliphatic rings. The number of methoxy groups -OCH3 is 1. The van der Waals surface area contributed by atoms with E-state index in [9.17, 15) is 14.4 Å². The molecule has 0 unspecified atom stereocenters. The number of hydrogen-bond acceptors (Lipinski definition) is 6. The molecule has 0 aliphatic heterocycles. The average molecular weight is 413 g/mol. The Bertz CT molecular complexity index is 1120. The third-order valence-corrected chi connectivity index (χ3v) is 5.91. The van der Waals surface area contributed by atoms with Crippen molar-refractivity contribution in [3.8, 4) is 0 Å². The van der Waals surface area contributed by atoms with Gasteiger partial charge in [-0.05, 0) is 31.0 Å². The Morgan fingerprint density at radius 3 is 2.72 bits per heavy atom. The van der Waals surface area contributed by atoms with Crippen molar-refractivity contribution in [3.63, 3.8) is 0 Å². The number of fused-ring (bicyclic) bond motifs is 1. The maximum atomic E-state index is 12.9. The lowest BCUT2D eigenvalue weighted by atomic mass is 10.1. The fourth-order valence-corrected chi connectivity index (χ4v) is 4.16. The number of amides is 1. The van der Waals surface area contributed by atoms with Crippen molar-refractivity contribution < 1.29 is 14.3 Å². The zero-order valence-corrected chi connectivity index (χ0v) is 17.5. The minimum atomic E-state index is -0.536. The van der Waals surface area contributed by atoms with Gasteiger partial charge in [-0.2, -0.15) is 0 Å². The van der Waals surface area contributed by atoms with Crippen LogP contribution in [0.3, 0.4) is 0 Å². The number of unbranched alkanes of at least 4 members (excludes halogenated alkanes) is 2. The van der Waals surface area contributed by atoms with Gasteiger partial charge in [-0.25, -0.2) is 9.78 Å². The van der Waals surface area contributed by atoms with Crippen LogP contribution >= 0.6 is 11.3 Å². The maximum Gasteiger partial charge on any atom is 0.339 e. The molecule has 0 fully saturated rings.